The Balaban J connectivity index is 1.96. The Labute approximate surface area is 128 Å². The van der Waals surface area contributed by atoms with E-state index in [1.165, 1.54) is 24.1 Å². The molecule has 0 spiro atoms. The van der Waals surface area contributed by atoms with Gasteiger partial charge in [-0.25, -0.2) is 0 Å². The van der Waals surface area contributed by atoms with Gasteiger partial charge in [-0.2, -0.15) is 0 Å². The average molecular weight is 281 g/mol. The molecule has 1 fully saturated rings. The van der Waals surface area contributed by atoms with Crippen LogP contribution in [-0.2, 0) is 0 Å². The number of para-hydroxylation sites is 1. The molecule has 0 radical (unpaired) electrons. The van der Waals surface area contributed by atoms with Crippen LogP contribution in [-0.4, -0.2) is 6.04 Å². The molecule has 2 aliphatic carbocycles. The van der Waals surface area contributed by atoms with Crippen molar-refractivity contribution < 1.29 is 0 Å². The van der Waals surface area contributed by atoms with Gasteiger partial charge in [0.15, 0.2) is 0 Å². The number of hydrogen-bond acceptors (Lipinski definition) is 1. The van der Waals surface area contributed by atoms with E-state index in [0.717, 1.165) is 0 Å². The lowest BCUT2D eigenvalue weighted by atomic mass is 9.52. The number of rotatable bonds is 0. The van der Waals surface area contributed by atoms with Gasteiger partial charge < -0.3 is 5.32 Å². The Morgan fingerprint density at radius 3 is 2.52 bits per heavy atom. The molecule has 21 heavy (non-hydrogen) atoms. The fourth-order valence-corrected chi connectivity index (χ4v) is 5.69. The molecule has 0 saturated heterocycles. The second-order valence-corrected chi connectivity index (χ2v) is 8.80. The molecule has 0 aromatic heterocycles. The Kier molecular flexibility index (Phi) is 2.39. The molecule has 3 atom stereocenters. The lowest BCUT2D eigenvalue weighted by molar-refractivity contribution is 0.126. The molecule has 1 aliphatic heterocycles. The summed E-state index contributed by atoms with van der Waals surface area (Å²) >= 11 is 0. The van der Waals surface area contributed by atoms with E-state index >= 15 is 0 Å². The van der Waals surface area contributed by atoms with E-state index in [4.69, 9.17) is 0 Å². The van der Waals surface area contributed by atoms with E-state index in [2.05, 4.69) is 70.3 Å². The predicted octanol–water partition coefficient (Wildman–Crippen LogP) is 5.36. The van der Waals surface area contributed by atoms with Crippen LogP contribution in [0.2, 0.25) is 0 Å². The minimum atomic E-state index is 0.220. The van der Waals surface area contributed by atoms with Crippen molar-refractivity contribution in [3.63, 3.8) is 0 Å². The zero-order valence-electron chi connectivity index (χ0n) is 14.0. The standard InChI is InChI=1S/C20H27N/c1-18(2)11-10-14-13-8-6-7-9-15(13)21-17-19(3,4)12-16(18)20(14,17)5/h6-9,12,14,17,21H,10-11H2,1-5H3/t14-,17-,20-/m0/s1. The van der Waals surface area contributed by atoms with Crippen molar-refractivity contribution in [2.75, 3.05) is 5.32 Å². The van der Waals surface area contributed by atoms with Crippen LogP contribution in [0.3, 0.4) is 0 Å². The monoisotopic (exact) mass is 281 g/mol. The normalized spacial score (nSPS) is 38.0. The lowest BCUT2D eigenvalue weighted by Crippen LogP contribution is -2.53. The Morgan fingerprint density at radius 1 is 1.05 bits per heavy atom. The first-order valence-corrected chi connectivity index (χ1v) is 8.36. The molecule has 1 saturated carbocycles. The molecule has 1 aromatic rings. The van der Waals surface area contributed by atoms with E-state index in [1.807, 2.05) is 0 Å². The molecule has 0 unspecified atom stereocenters. The van der Waals surface area contributed by atoms with Gasteiger partial charge in [-0.05, 0) is 35.8 Å². The second-order valence-electron chi connectivity index (χ2n) is 8.80. The van der Waals surface area contributed by atoms with E-state index in [0.29, 0.717) is 17.4 Å². The van der Waals surface area contributed by atoms with Gasteiger partial charge in [0.1, 0.15) is 0 Å². The molecule has 1 aromatic carbocycles. The van der Waals surface area contributed by atoms with Crippen LogP contribution >= 0.6 is 0 Å². The molecular formula is C20H27N. The summed E-state index contributed by atoms with van der Waals surface area (Å²) in [6, 6.07) is 9.49. The number of hydrogen-bond donors (Lipinski definition) is 1. The van der Waals surface area contributed by atoms with Gasteiger partial charge in [-0.3, -0.25) is 0 Å². The van der Waals surface area contributed by atoms with E-state index in [-0.39, 0.29) is 10.8 Å². The molecule has 4 rings (SSSR count). The first-order valence-electron chi connectivity index (χ1n) is 8.36. The summed E-state index contributed by atoms with van der Waals surface area (Å²) in [5, 5.41) is 3.90. The molecular weight excluding hydrogens is 254 g/mol. The third-order valence-corrected chi connectivity index (χ3v) is 6.59. The van der Waals surface area contributed by atoms with Gasteiger partial charge in [0.2, 0.25) is 0 Å². The van der Waals surface area contributed by atoms with E-state index in [1.54, 1.807) is 5.57 Å². The van der Waals surface area contributed by atoms with Crippen LogP contribution in [0.25, 0.3) is 0 Å². The van der Waals surface area contributed by atoms with Crippen molar-refractivity contribution in [3.05, 3.63) is 41.5 Å². The van der Waals surface area contributed by atoms with Crippen LogP contribution in [0.4, 0.5) is 5.69 Å². The van der Waals surface area contributed by atoms with Crippen LogP contribution < -0.4 is 5.32 Å². The topological polar surface area (TPSA) is 12.0 Å². The predicted molar refractivity (Wildman–Crippen MR) is 89.6 cm³/mol. The summed E-state index contributed by atoms with van der Waals surface area (Å²) in [6.07, 6.45) is 5.21. The van der Waals surface area contributed by atoms with Crippen molar-refractivity contribution in [3.8, 4) is 0 Å². The van der Waals surface area contributed by atoms with Crippen LogP contribution in [0.15, 0.2) is 35.9 Å². The first kappa shape index (κ1) is 13.4. The quantitative estimate of drug-likeness (QED) is 0.631. The second kappa shape index (κ2) is 3.74. The molecule has 1 N–H and O–H groups in total. The maximum absolute atomic E-state index is 3.90. The summed E-state index contributed by atoms with van der Waals surface area (Å²) < 4.78 is 0. The minimum Gasteiger partial charge on any atom is -0.380 e. The fraction of sp³-hybridized carbons (Fsp3) is 0.600. The zero-order valence-corrected chi connectivity index (χ0v) is 14.0. The third-order valence-electron chi connectivity index (χ3n) is 6.59. The van der Waals surface area contributed by atoms with Crippen molar-refractivity contribution in [2.24, 2.45) is 16.2 Å². The van der Waals surface area contributed by atoms with E-state index in [9.17, 15) is 0 Å². The number of fused-ring (bicyclic) bond motifs is 2. The summed E-state index contributed by atoms with van der Waals surface area (Å²) in [4.78, 5) is 0. The SMILES string of the molecule is CC1(C)CC[C@H]2c3ccccc3N[C@H]3C(C)(C)C=C1[C@]23C. The molecule has 1 heterocycles. The molecule has 0 bridgehead atoms. The van der Waals surface area contributed by atoms with Gasteiger partial charge in [-0.1, -0.05) is 64.5 Å². The van der Waals surface area contributed by atoms with Gasteiger partial charge in [0.25, 0.3) is 0 Å². The first-order chi connectivity index (χ1) is 9.77. The fourth-order valence-electron chi connectivity index (χ4n) is 5.69. The van der Waals surface area contributed by atoms with Gasteiger partial charge >= 0.3 is 0 Å². The highest BCUT2D eigenvalue weighted by Gasteiger charge is 2.61. The lowest BCUT2D eigenvalue weighted by Gasteiger charge is -2.56. The maximum Gasteiger partial charge on any atom is 0.0443 e. The molecule has 112 valence electrons. The van der Waals surface area contributed by atoms with Crippen LogP contribution in [0.1, 0.15) is 58.9 Å². The maximum atomic E-state index is 3.90. The minimum absolute atomic E-state index is 0.220. The molecule has 0 amide bonds. The third kappa shape index (κ3) is 1.53. The highest BCUT2D eigenvalue weighted by Crippen LogP contribution is 2.68. The molecule has 1 heteroatoms. The zero-order chi connectivity index (χ0) is 15.0. The number of nitrogens with one attached hydrogen (secondary N) is 1. The highest BCUT2D eigenvalue weighted by atomic mass is 15.0. The molecule has 3 aliphatic rings. The van der Waals surface area contributed by atoms with Crippen molar-refractivity contribution in [1.29, 1.82) is 0 Å². The van der Waals surface area contributed by atoms with Gasteiger partial charge in [-0.15, -0.1) is 0 Å². The summed E-state index contributed by atoms with van der Waals surface area (Å²) in [6.45, 7) is 12.2. The van der Waals surface area contributed by atoms with Crippen LogP contribution in [0.5, 0.6) is 0 Å². The van der Waals surface area contributed by atoms with Crippen molar-refractivity contribution in [1.82, 2.24) is 0 Å². The van der Waals surface area contributed by atoms with Gasteiger partial charge in [0, 0.05) is 22.6 Å². The Hall–Kier alpha value is -1.24. The molecule has 1 nitrogen and oxygen atoms in total. The Morgan fingerprint density at radius 2 is 1.76 bits per heavy atom. The average Bonchev–Trinajstić information content (AvgIpc) is 2.62. The smallest absolute Gasteiger partial charge is 0.0443 e. The highest BCUT2D eigenvalue weighted by molar-refractivity contribution is 5.62. The number of benzene rings is 1. The van der Waals surface area contributed by atoms with Crippen molar-refractivity contribution in [2.45, 2.75) is 59.4 Å². The van der Waals surface area contributed by atoms with Crippen LogP contribution in [0, 0.1) is 16.2 Å². The van der Waals surface area contributed by atoms with E-state index < -0.39 is 0 Å². The van der Waals surface area contributed by atoms with Gasteiger partial charge in [0.05, 0.1) is 0 Å². The summed E-state index contributed by atoms with van der Waals surface area (Å²) in [7, 11) is 0. The Bertz CT molecular complexity index is 637. The number of anilines is 1. The van der Waals surface area contributed by atoms with Crippen molar-refractivity contribution >= 4 is 5.69 Å². The summed E-state index contributed by atoms with van der Waals surface area (Å²) in [5.41, 5.74) is 5.42. The largest absolute Gasteiger partial charge is 0.380 e. The summed E-state index contributed by atoms with van der Waals surface area (Å²) in [5.74, 6) is 0.668.